The van der Waals surface area contributed by atoms with Gasteiger partial charge in [0.05, 0.1) is 16.7 Å². The van der Waals surface area contributed by atoms with E-state index in [1.807, 2.05) is 0 Å². The van der Waals surface area contributed by atoms with Crippen molar-refractivity contribution in [3.63, 3.8) is 0 Å². The summed E-state index contributed by atoms with van der Waals surface area (Å²) in [6, 6.07) is 2.38. The monoisotopic (exact) mass is 283 g/mol. The third kappa shape index (κ3) is 1.62. The van der Waals surface area contributed by atoms with Crippen molar-refractivity contribution in [1.82, 2.24) is 0 Å². The molecule has 5 atom stereocenters. The van der Waals surface area contributed by atoms with E-state index < -0.39 is 26.1 Å². The van der Waals surface area contributed by atoms with Crippen LogP contribution in [-0.2, 0) is 9.84 Å². The molecule has 0 aromatic carbocycles. The second kappa shape index (κ2) is 3.95. The maximum Gasteiger partial charge on any atom is 0.153 e. The van der Waals surface area contributed by atoms with Crippen LogP contribution in [0.5, 0.6) is 0 Å². The number of aliphatic hydroxyl groups is 1. The van der Waals surface area contributed by atoms with Gasteiger partial charge in [-0.05, 0) is 50.4 Å². The normalized spacial score (nSPS) is 49.4. The van der Waals surface area contributed by atoms with Crippen molar-refractivity contribution >= 4 is 9.84 Å². The Morgan fingerprint density at radius 1 is 1.32 bits per heavy atom. The van der Waals surface area contributed by atoms with E-state index in [1.165, 1.54) is 6.26 Å². The molecule has 5 heteroatoms. The predicted octanol–water partition coefficient (Wildman–Crippen LogP) is 1.64. The summed E-state index contributed by atoms with van der Waals surface area (Å²) in [7, 11) is -3.31. The molecule has 19 heavy (non-hydrogen) atoms. The van der Waals surface area contributed by atoms with Crippen LogP contribution in [-0.4, -0.2) is 30.6 Å². The van der Waals surface area contributed by atoms with E-state index in [1.54, 1.807) is 0 Å². The first kappa shape index (κ1) is 13.4. The van der Waals surface area contributed by atoms with Crippen LogP contribution in [0.25, 0.3) is 0 Å². The molecule has 0 spiro atoms. The summed E-state index contributed by atoms with van der Waals surface area (Å²) >= 11 is 0. The maximum absolute atomic E-state index is 12.0. The quantitative estimate of drug-likeness (QED) is 0.835. The molecule has 4 nitrogen and oxygen atoms in total. The summed E-state index contributed by atoms with van der Waals surface area (Å²) in [5.41, 5.74) is -2.14. The second-order valence-electron chi connectivity index (χ2n) is 6.80. The van der Waals surface area contributed by atoms with Crippen LogP contribution < -0.4 is 0 Å². The fourth-order valence-corrected chi connectivity index (χ4v) is 6.76. The van der Waals surface area contributed by atoms with Gasteiger partial charge in [-0.2, -0.15) is 5.26 Å². The molecule has 3 fully saturated rings. The minimum atomic E-state index is -3.31. The SMILES string of the molecule is CS(=O)(=O)C1CCCC1(O)C1(C#N)CC2CCC1C2. The molecule has 1 N–H and O–H groups in total. The number of nitriles is 1. The highest BCUT2D eigenvalue weighted by molar-refractivity contribution is 7.91. The van der Waals surface area contributed by atoms with Gasteiger partial charge in [-0.25, -0.2) is 8.42 Å². The molecular weight excluding hydrogens is 262 g/mol. The number of hydrogen-bond donors (Lipinski definition) is 1. The number of nitrogens with zero attached hydrogens (tertiary/aromatic N) is 1. The molecule has 0 saturated heterocycles. The highest BCUT2D eigenvalue weighted by Crippen LogP contribution is 2.64. The van der Waals surface area contributed by atoms with Crippen molar-refractivity contribution in [3.8, 4) is 6.07 Å². The molecule has 3 rings (SSSR count). The number of hydrogen-bond acceptors (Lipinski definition) is 4. The molecule has 5 unspecified atom stereocenters. The van der Waals surface area contributed by atoms with Gasteiger partial charge in [0.1, 0.15) is 5.60 Å². The smallest absolute Gasteiger partial charge is 0.153 e. The Kier molecular flexibility index (Phi) is 2.79. The van der Waals surface area contributed by atoms with Gasteiger partial charge in [0, 0.05) is 6.26 Å². The van der Waals surface area contributed by atoms with Crippen molar-refractivity contribution in [3.05, 3.63) is 0 Å². The molecule has 3 aliphatic rings. The molecule has 0 aliphatic heterocycles. The van der Waals surface area contributed by atoms with Gasteiger partial charge >= 0.3 is 0 Å². The Hall–Kier alpha value is -0.600. The molecule has 0 heterocycles. The fraction of sp³-hybridized carbons (Fsp3) is 0.929. The summed E-state index contributed by atoms with van der Waals surface area (Å²) < 4.78 is 24.0. The van der Waals surface area contributed by atoms with Crippen molar-refractivity contribution in [2.45, 2.75) is 55.8 Å². The summed E-state index contributed by atoms with van der Waals surface area (Å²) in [5.74, 6) is 0.698. The largest absolute Gasteiger partial charge is 0.387 e. The zero-order valence-corrected chi connectivity index (χ0v) is 12.1. The van der Waals surface area contributed by atoms with Gasteiger partial charge in [-0.3, -0.25) is 0 Å². The van der Waals surface area contributed by atoms with Crippen LogP contribution >= 0.6 is 0 Å². The van der Waals surface area contributed by atoms with E-state index in [4.69, 9.17) is 0 Å². The zero-order valence-electron chi connectivity index (χ0n) is 11.3. The van der Waals surface area contributed by atoms with Crippen molar-refractivity contribution in [2.75, 3.05) is 6.26 Å². The van der Waals surface area contributed by atoms with Gasteiger partial charge < -0.3 is 5.11 Å². The Morgan fingerprint density at radius 2 is 2.05 bits per heavy atom. The molecule has 0 aromatic rings. The van der Waals surface area contributed by atoms with Crippen LogP contribution in [0.15, 0.2) is 0 Å². The molecule has 0 radical (unpaired) electrons. The summed E-state index contributed by atoms with van der Waals surface area (Å²) in [6.45, 7) is 0. The Labute approximate surface area is 114 Å². The lowest BCUT2D eigenvalue weighted by Crippen LogP contribution is -2.57. The molecule has 3 aliphatic carbocycles. The Balaban J connectivity index is 2.06. The molecular formula is C14H21NO3S. The van der Waals surface area contributed by atoms with Crippen LogP contribution in [0.4, 0.5) is 0 Å². The Bertz CT molecular complexity index is 537. The van der Waals surface area contributed by atoms with Gasteiger partial charge in [-0.1, -0.05) is 6.42 Å². The number of sulfone groups is 1. The highest BCUT2D eigenvalue weighted by Gasteiger charge is 2.67. The third-order valence-electron chi connectivity index (χ3n) is 5.89. The maximum atomic E-state index is 12.0. The summed E-state index contributed by atoms with van der Waals surface area (Å²) in [4.78, 5) is 0. The van der Waals surface area contributed by atoms with E-state index in [2.05, 4.69) is 6.07 Å². The average Bonchev–Trinajstić information content (AvgIpc) is 3.00. The molecule has 2 bridgehead atoms. The van der Waals surface area contributed by atoms with E-state index in [0.717, 1.165) is 19.3 Å². The van der Waals surface area contributed by atoms with Crippen LogP contribution in [0.1, 0.15) is 44.9 Å². The topological polar surface area (TPSA) is 78.2 Å². The Morgan fingerprint density at radius 3 is 2.53 bits per heavy atom. The number of fused-ring (bicyclic) bond motifs is 2. The molecule has 0 amide bonds. The summed E-state index contributed by atoms with van der Waals surface area (Å²) in [6.07, 6.45) is 6.65. The van der Waals surface area contributed by atoms with Crippen LogP contribution in [0, 0.1) is 28.6 Å². The average molecular weight is 283 g/mol. The van der Waals surface area contributed by atoms with Crippen LogP contribution in [0.2, 0.25) is 0 Å². The minimum absolute atomic E-state index is 0.190. The van der Waals surface area contributed by atoms with E-state index in [9.17, 15) is 18.8 Å². The molecule has 0 aromatic heterocycles. The van der Waals surface area contributed by atoms with Crippen molar-refractivity contribution < 1.29 is 13.5 Å². The summed E-state index contributed by atoms with van der Waals surface area (Å²) in [5, 5.41) is 20.1. The third-order valence-corrected chi connectivity index (χ3v) is 7.55. The minimum Gasteiger partial charge on any atom is -0.387 e. The molecule has 106 valence electrons. The lowest BCUT2D eigenvalue weighted by molar-refractivity contribution is -0.0735. The van der Waals surface area contributed by atoms with Crippen LogP contribution in [0.3, 0.4) is 0 Å². The van der Waals surface area contributed by atoms with E-state index in [-0.39, 0.29) is 5.92 Å². The first-order chi connectivity index (χ1) is 8.83. The van der Waals surface area contributed by atoms with Gasteiger partial charge in [0.25, 0.3) is 0 Å². The lowest BCUT2D eigenvalue weighted by atomic mass is 9.62. The van der Waals surface area contributed by atoms with Crippen molar-refractivity contribution in [2.24, 2.45) is 17.3 Å². The molecule has 3 saturated carbocycles. The van der Waals surface area contributed by atoms with Gasteiger partial charge in [-0.15, -0.1) is 0 Å². The van der Waals surface area contributed by atoms with E-state index >= 15 is 0 Å². The van der Waals surface area contributed by atoms with Crippen molar-refractivity contribution in [1.29, 1.82) is 5.26 Å². The van der Waals surface area contributed by atoms with Gasteiger partial charge in [0.15, 0.2) is 9.84 Å². The first-order valence-corrected chi connectivity index (χ1v) is 9.11. The first-order valence-electron chi connectivity index (χ1n) is 7.16. The van der Waals surface area contributed by atoms with Gasteiger partial charge in [0.2, 0.25) is 0 Å². The standard InChI is InChI=1S/C14H21NO3S/c1-19(17,18)12-3-2-6-14(12,16)13(9-15)8-10-4-5-11(13)7-10/h10-12,16H,2-8H2,1H3. The predicted molar refractivity (Wildman–Crippen MR) is 70.9 cm³/mol. The lowest BCUT2D eigenvalue weighted by Gasteiger charge is -2.46. The second-order valence-corrected chi connectivity index (χ2v) is 9.03. The zero-order chi connectivity index (χ0) is 13.9. The fourth-order valence-electron chi connectivity index (χ4n) is 5.13. The van der Waals surface area contributed by atoms with E-state index in [0.29, 0.717) is 31.6 Å². The highest BCUT2D eigenvalue weighted by atomic mass is 32.2. The number of rotatable bonds is 2.